The van der Waals surface area contributed by atoms with Crippen LogP contribution < -0.4 is 5.32 Å². The predicted octanol–water partition coefficient (Wildman–Crippen LogP) is 1.67. The van der Waals surface area contributed by atoms with E-state index in [2.05, 4.69) is 12.2 Å². The molecular formula is C17H23FN2O3. The van der Waals surface area contributed by atoms with Gasteiger partial charge in [0, 0.05) is 6.42 Å². The summed E-state index contributed by atoms with van der Waals surface area (Å²) in [6.45, 7) is 4.07. The lowest BCUT2D eigenvalue weighted by atomic mass is 9.99. The third-order valence-corrected chi connectivity index (χ3v) is 4.26. The molecule has 6 heteroatoms. The summed E-state index contributed by atoms with van der Waals surface area (Å²) in [4.78, 5) is 25.4. The average Bonchev–Trinajstić information content (AvgIpc) is 2.51. The minimum Gasteiger partial charge on any atom is -0.480 e. The third kappa shape index (κ3) is 5.32. The summed E-state index contributed by atoms with van der Waals surface area (Å²) in [6, 6.07) is 4.88. The maximum absolute atomic E-state index is 13.6. The highest BCUT2D eigenvalue weighted by atomic mass is 19.1. The van der Waals surface area contributed by atoms with Crippen molar-refractivity contribution in [1.29, 1.82) is 0 Å². The largest absolute Gasteiger partial charge is 0.480 e. The Morgan fingerprint density at radius 1 is 1.35 bits per heavy atom. The second kappa shape index (κ2) is 8.06. The second-order valence-corrected chi connectivity index (χ2v) is 6.21. The smallest absolute Gasteiger partial charge is 0.326 e. The van der Waals surface area contributed by atoms with Crippen molar-refractivity contribution in [3.05, 3.63) is 35.6 Å². The predicted molar refractivity (Wildman–Crippen MR) is 84.5 cm³/mol. The summed E-state index contributed by atoms with van der Waals surface area (Å²) in [5.41, 5.74) is 0.284. The number of carbonyl (C=O) groups excluding carboxylic acids is 1. The number of carboxylic acids is 1. The first-order valence-corrected chi connectivity index (χ1v) is 7.93. The van der Waals surface area contributed by atoms with Crippen LogP contribution in [0.1, 0.15) is 25.3 Å². The molecule has 1 aromatic rings. The van der Waals surface area contributed by atoms with E-state index in [9.17, 15) is 19.1 Å². The van der Waals surface area contributed by atoms with Crippen molar-refractivity contribution >= 4 is 11.9 Å². The van der Waals surface area contributed by atoms with Crippen molar-refractivity contribution < 1.29 is 19.1 Å². The van der Waals surface area contributed by atoms with Crippen molar-refractivity contribution in [3.8, 4) is 0 Å². The number of hydrogen-bond donors (Lipinski definition) is 2. The number of hydrogen-bond acceptors (Lipinski definition) is 3. The number of likely N-dealkylation sites (tertiary alicyclic amines) is 1. The zero-order valence-corrected chi connectivity index (χ0v) is 13.3. The van der Waals surface area contributed by atoms with Crippen LogP contribution in [0.15, 0.2) is 24.3 Å². The van der Waals surface area contributed by atoms with Gasteiger partial charge in [0.15, 0.2) is 0 Å². The molecule has 1 aliphatic rings. The fraction of sp³-hybridized carbons (Fsp3) is 0.529. The molecule has 0 radical (unpaired) electrons. The van der Waals surface area contributed by atoms with Gasteiger partial charge in [-0.05, 0) is 43.5 Å². The molecule has 0 spiro atoms. The number of halogens is 1. The molecule has 1 aliphatic heterocycles. The maximum Gasteiger partial charge on any atom is 0.326 e. The van der Waals surface area contributed by atoms with Gasteiger partial charge in [-0.15, -0.1) is 0 Å². The monoisotopic (exact) mass is 322 g/mol. The Morgan fingerprint density at radius 2 is 2.00 bits per heavy atom. The maximum atomic E-state index is 13.6. The van der Waals surface area contributed by atoms with E-state index in [0.717, 1.165) is 25.9 Å². The zero-order valence-electron chi connectivity index (χ0n) is 13.3. The van der Waals surface area contributed by atoms with Crippen molar-refractivity contribution in [2.45, 2.75) is 32.2 Å². The molecule has 0 bridgehead atoms. The first-order chi connectivity index (χ1) is 11.0. The van der Waals surface area contributed by atoms with Gasteiger partial charge in [0.05, 0.1) is 6.54 Å². The number of rotatable bonds is 6. The van der Waals surface area contributed by atoms with Crippen LogP contribution in [-0.4, -0.2) is 47.6 Å². The van der Waals surface area contributed by atoms with Crippen LogP contribution in [0.2, 0.25) is 0 Å². The van der Waals surface area contributed by atoms with Crippen LogP contribution in [-0.2, 0) is 16.0 Å². The van der Waals surface area contributed by atoms with Crippen LogP contribution in [0.25, 0.3) is 0 Å². The van der Waals surface area contributed by atoms with E-state index in [-0.39, 0.29) is 24.4 Å². The summed E-state index contributed by atoms with van der Waals surface area (Å²) in [5, 5.41) is 11.8. The molecule has 5 nitrogen and oxygen atoms in total. The van der Waals surface area contributed by atoms with Gasteiger partial charge < -0.3 is 10.4 Å². The van der Waals surface area contributed by atoms with Crippen LogP contribution in [0.3, 0.4) is 0 Å². The minimum absolute atomic E-state index is 0.0647. The molecule has 1 fully saturated rings. The first-order valence-electron chi connectivity index (χ1n) is 7.93. The second-order valence-electron chi connectivity index (χ2n) is 6.21. The van der Waals surface area contributed by atoms with Gasteiger partial charge in [-0.1, -0.05) is 25.1 Å². The minimum atomic E-state index is -1.16. The van der Waals surface area contributed by atoms with Gasteiger partial charge in [0.25, 0.3) is 0 Å². The zero-order chi connectivity index (χ0) is 16.8. The molecule has 1 amide bonds. The summed E-state index contributed by atoms with van der Waals surface area (Å²) < 4.78 is 13.6. The normalized spacial score (nSPS) is 17.7. The van der Waals surface area contributed by atoms with E-state index in [4.69, 9.17) is 0 Å². The number of nitrogens with zero attached hydrogens (tertiary/aromatic N) is 1. The molecule has 0 aromatic heterocycles. The van der Waals surface area contributed by atoms with E-state index in [0.29, 0.717) is 5.92 Å². The van der Waals surface area contributed by atoms with Crippen molar-refractivity contribution in [2.75, 3.05) is 19.6 Å². The Kier molecular flexibility index (Phi) is 6.10. The summed E-state index contributed by atoms with van der Waals surface area (Å²) >= 11 is 0. The van der Waals surface area contributed by atoms with E-state index in [1.807, 2.05) is 4.90 Å². The van der Waals surface area contributed by atoms with Crippen LogP contribution in [0.5, 0.6) is 0 Å². The standard InChI is InChI=1S/C17H23FN2O3/c1-12-6-8-20(9-7-12)11-16(21)19-15(17(22)23)10-13-4-2-3-5-14(13)18/h2-5,12,15H,6-11H2,1H3,(H,19,21)(H,22,23). The quantitative estimate of drug-likeness (QED) is 0.836. The Labute approximate surface area is 135 Å². The molecule has 1 heterocycles. The van der Waals surface area contributed by atoms with E-state index in [1.165, 1.54) is 12.1 Å². The molecule has 0 aliphatic carbocycles. The Bertz CT molecular complexity index is 557. The summed E-state index contributed by atoms with van der Waals surface area (Å²) in [6.07, 6.45) is 2.03. The first kappa shape index (κ1) is 17.4. The molecule has 2 N–H and O–H groups in total. The number of piperidine rings is 1. The number of benzene rings is 1. The lowest BCUT2D eigenvalue weighted by molar-refractivity contribution is -0.142. The van der Waals surface area contributed by atoms with Gasteiger partial charge in [0.2, 0.25) is 5.91 Å². The number of aliphatic carboxylic acids is 1. The highest BCUT2D eigenvalue weighted by molar-refractivity contribution is 5.84. The molecule has 1 atom stereocenters. The topological polar surface area (TPSA) is 69.6 Å². The number of carboxylic acid groups (broad SMARTS) is 1. The summed E-state index contributed by atoms with van der Waals surface area (Å²) in [5.74, 6) is -1.28. The molecule has 2 rings (SSSR count). The average molecular weight is 322 g/mol. The SMILES string of the molecule is CC1CCN(CC(=O)NC(Cc2ccccc2F)C(=O)O)CC1. The summed E-state index contributed by atoms with van der Waals surface area (Å²) in [7, 11) is 0. The molecule has 23 heavy (non-hydrogen) atoms. The van der Waals surface area contributed by atoms with Crippen molar-refractivity contribution in [3.63, 3.8) is 0 Å². The third-order valence-electron chi connectivity index (χ3n) is 4.26. The molecule has 126 valence electrons. The van der Waals surface area contributed by atoms with Gasteiger partial charge in [-0.25, -0.2) is 9.18 Å². The molecular weight excluding hydrogens is 299 g/mol. The number of nitrogens with one attached hydrogen (secondary N) is 1. The molecule has 1 saturated heterocycles. The highest BCUT2D eigenvalue weighted by Crippen LogP contribution is 2.15. The molecule has 1 aromatic carbocycles. The van der Waals surface area contributed by atoms with Gasteiger partial charge >= 0.3 is 5.97 Å². The van der Waals surface area contributed by atoms with E-state index in [1.54, 1.807) is 12.1 Å². The Morgan fingerprint density at radius 3 is 2.61 bits per heavy atom. The lowest BCUT2D eigenvalue weighted by Gasteiger charge is -2.29. The van der Waals surface area contributed by atoms with Crippen LogP contribution in [0.4, 0.5) is 4.39 Å². The molecule has 1 unspecified atom stereocenters. The number of carbonyl (C=O) groups is 2. The van der Waals surface area contributed by atoms with E-state index < -0.39 is 17.8 Å². The lowest BCUT2D eigenvalue weighted by Crippen LogP contribution is -2.48. The molecule has 0 saturated carbocycles. The number of amides is 1. The van der Waals surface area contributed by atoms with Gasteiger partial charge in [-0.2, -0.15) is 0 Å². The van der Waals surface area contributed by atoms with Gasteiger partial charge in [0.1, 0.15) is 11.9 Å². The highest BCUT2D eigenvalue weighted by Gasteiger charge is 2.24. The van der Waals surface area contributed by atoms with E-state index >= 15 is 0 Å². The van der Waals surface area contributed by atoms with Gasteiger partial charge in [-0.3, -0.25) is 9.69 Å². The Balaban J connectivity index is 1.90. The Hall–Kier alpha value is -1.95. The van der Waals surface area contributed by atoms with Crippen molar-refractivity contribution in [1.82, 2.24) is 10.2 Å². The van der Waals surface area contributed by atoms with Crippen LogP contribution in [0, 0.1) is 11.7 Å². The van der Waals surface area contributed by atoms with Crippen molar-refractivity contribution in [2.24, 2.45) is 5.92 Å². The van der Waals surface area contributed by atoms with Crippen LogP contribution >= 0.6 is 0 Å². The fourth-order valence-corrected chi connectivity index (χ4v) is 2.75. The fourth-order valence-electron chi connectivity index (χ4n) is 2.75.